The molecular formula is C22H35N3O2. The van der Waals surface area contributed by atoms with Gasteiger partial charge in [0.05, 0.1) is 13.2 Å². The van der Waals surface area contributed by atoms with E-state index >= 15 is 0 Å². The van der Waals surface area contributed by atoms with Crippen molar-refractivity contribution in [3.05, 3.63) is 35.4 Å². The van der Waals surface area contributed by atoms with Gasteiger partial charge in [-0.25, -0.2) is 0 Å². The lowest BCUT2D eigenvalue weighted by atomic mass is 10.0. The third kappa shape index (κ3) is 5.45. The number of nitrogens with one attached hydrogen (secondary N) is 1. The Morgan fingerprint density at radius 2 is 2.15 bits per heavy atom. The van der Waals surface area contributed by atoms with E-state index in [1.54, 1.807) is 0 Å². The molecule has 0 spiro atoms. The van der Waals surface area contributed by atoms with Crippen LogP contribution in [0.5, 0.6) is 0 Å². The molecule has 1 aliphatic carbocycles. The highest BCUT2D eigenvalue weighted by atomic mass is 16.5. The van der Waals surface area contributed by atoms with E-state index in [0.29, 0.717) is 5.41 Å². The summed E-state index contributed by atoms with van der Waals surface area (Å²) in [6.45, 7) is 12.3. The Morgan fingerprint density at radius 1 is 1.33 bits per heavy atom. The molecule has 1 heterocycles. The molecule has 0 amide bonds. The van der Waals surface area contributed by atoms with Crippen LogP contribution in [0.2, 0.25) is 0 Å². The zero-order valence-corrected chi connectivity index (χ0v) is 17.2. The Morgan fingerprint density at radius 3 is 2.85 bits per heavy atom. The van der Waals surface area contributed by atoms with Gasteiger partial charge in [0.25, 0.3) is 0 Å². The number of rotatable bonds is 8. The maximum absolute atomic E-state index is 6.09. The van der Waals surface area contributed by atoms with Crippen molar-refractivity contribution in [2.24, 2.45) is 10.4 Å². The average molecular weight is 374 g/mol. The van der Waals surface area contributed by atoms with Crippen LogP contribution < -0.4 is 5.32 Å². The topological polar surface area (TPSA) is 46.1 Å². The first kappa shape index (κ1) is 20.2. The van der Waals surface area contributed by atoms with Crippen LogP contribution in [0.25, 0.3) is 0 Å². The van der Waals surface area contributed by atoms with Gasteiger partial charge in [0.1, 0.15) is 6.10 Å². The Labute approximate surface area is 164 Å². The molecule has 1 saturated heterocycles. The molecule has 1 atom stereocenters. The fraction of sp³-hybridized carbons (Fsp3) is 0.682. The molecule has 1 aromatic rings. The van der Waals surface area contributed by atoms with Crippen LogP contribution in [0.1, 0.15) is 50.3 Å². The number of hydrogen-bond donors (Lipinski definition) is 1. The van der Waals surface area contributed by atoms with E-state index in [4.69, 9.17) is 14.5 Å². The average Bonchev–Trinajstić information content (AvgIpc) is 3.46. The zero-order valence-electron chi connectivity index (χ0n) is 17.2. The molecule has 2 fully saturated rings. The zero-order chi connectivity index (χ0) is 19.1. The molecule has 5 heteroatoms. The third-order valence-corrected chi connectivity index (χ3v) is 5.74. The fourth-order valence-corrected chi connectivity index (χ4v) is 3.74. The van der Waals surface area contributed by atoms with Crippen molar-refractivity contribution in [1.29, 1.82) is 0 Å². The van der Waals surface area contributed by atoms with Gasteiger partial charge in [-0.1, -0.05) is 24.3 Å². The van der Waals surface area contributed by atoms with E-state index < -0.39 is 0 Å². The van der Waals surface area contributed by atoms with Crippen LogP contribution in [0.3, 0.4) is 0 Å². The molecule has 150 valence electrons. The largest absolute Gasteiger partial charge is 0.382 e. The maximum Gasteiger partial charge on any atom is 0.194 e. The van der Waals surface area contributed by atoms with E-state index in [9.17, 15) is 0 Å². The van der Waals surface area contributed by atoms with E-state index in [-0.39, 0.29) is 6.10 Å². The maximum atomic E-state index is 6.09. The lowest BCUT2D eigenvalue weighted by Crippen LogP contribution is -2.48. The standard InChI is InChI=1S/C22H35N3O2/c1-4-23-21(24-17-22(10-11-22)12-14-26-5-2)25-13-15-27-20(16-25)19-9-7-6-8-18(19)3/h6-9,20H,4-5,10-17H2,1-3H3,(H,23,24). The molecule has 1 aliphatic heterocycles. The minimum Gasteiger partial charge on any atom is -0.382 e. The monoisotopic (exact) mass is 373 g/mol. The Hall–Kier alpha value is -1.59. The summed E-state index contributed by atoms with van der Waals surface area (Å²) in [6.07, 6.45) is 3.78. The molecule has 1 saturated carbocycles. The second kappa shape index (κ2) is 9.56. The van der Waals surface area contributed by atoms with Gasteiger partial charge < -0.3 is 19.7 Å². The quantitative estimate of drug-likeness (QED) is 0.430. The molecule has 3 rings (SSSR count). The summed E-state index contributed by atoms with van der Waals surface area (Å²) in [6, 6.07) is 8.52. The number of benzene rings is 1. The number of nitrogens with zero attached hydrogens (tertiary/aromatic N) is 2. The van der Waals surface area contributed by atoms with Crippen molar-refractivity contribution >= 4 is 5.96 Å². The molecular weight excluding hydrogens is 338 g/mol. The molecule has 5 nitrogen and oxygen atoms in total. The van der Waals surface area contributed by atoms with Crippen molar-refractivity contribution in [2.45, 2.75) is 46.1 Å². The summed E-state index contributed by atoms with van der Waals surface area (Å²) < 4.78 is 11.6. The molecule has 0 radical (unpaired) electrons. The van der Waals surface area contributed by atoms with E-state index in [2.05, 4.69) is 55.3 Å². The first-order valence-corrected chi connectivity index (χ1v) is 10.5. The number of hydrogen-bond acceptors (Lipinski definition) is 3. The smallest absolute Gasteiger partial charge is 0.194 e. The van der Waals surface area contributed by atoms with Gasteiger partial charge in [0, 0.05) is 32.8 Å². The van der Waals surface area contributed by atoms with E-state index in [0.717, 1.165) is 58.4 Å². The van der Waals surface area contributed by atoms with Gasteiger partial charge in [0.15, 0.2) is 5.96 Å². The summed E-state index contributed by atoms with van der Waals surface area (Å²) in [5, 5.41) is 3.50. The third-order valence-electron chi connectivity index (χ3n) is 5.74. The summed E-state index contributed by atoms with van der Waals surface area (Å²) in [5.41, 5.74) is 2.95. The minimum atomic E-state index is 0.108. The van der Waals surface area contributed by atoms with Crippen LogP contribution in [-0.4, -0.2) is 56.9 Å². The van der Waals surface area contributed by atoms with Crippen LogP contribution in [-0.2, 0) is 9.47 Å². The molecule has 1 N–H and O–H groups in total. The molecule has 1 unspecified atom stereocenters. The number of aryl methyl sites for hydroxylation is 1. The Bertz CT molecular complexity index is 628. The first-order valence-electron chi connectivity index (χ1n) is 10.5. The molecule has 2 aliphatic rings. The van der Waals surface area contributed by atoms with Crippen LogP contribution >= 0.6 is 0 Å². The van der Waals surface area contributed by atoms with Gasteiger partial charge in [-0.15, -0.1) is 0 Å². The highest BCUT2D eigenvalue weighted by molar-refractivity contribution is 5.80. The van der Waals surface area contributed by atoms with Crippen molar-refractivity contribution in [3.63, 3.8) is 0 Å². The number of guanidine groups is 1. The minimum absolute atomic E-state index is 0.108. The van der Waals surface area contributed by atoms with Crippen LogP contribution in [0.15, 0.2) is 29.3 Å². The molecule has 0 aromatic heterocycles. The molecule has 1 aromatic carbocycles. The Balaban J connectivity index is 1.64. The number of ether oxygens (including phenoxy) is 2. The highest BCUT2D eigenvalue weighted by Crippen LogP contribution is 2.49. The van der Waals surface area contributed by atoms with Gasteiger partial charge in [-0.3, -0.25) is 4.99 Å². The van der Waals surface area contributed by atoms with Gasteiger partial charge in [-0.05, 0) is 56.6 Å². The second-order valence-corrected chi connectivity index (χ2v) is 7.78. The predicted molar refractivity (Wildman–Crippen MR) is 110 cm³/mol. The molecule has 0 bridgehead atoms. The van der Waals surface area contributed by atoms with Crippen LogP contribution in [0, 0.1) is 12.3 Å². The summed E-state index contributed by atoms with van der Waals surface area (Å²) >= 11 is 0. The van der Waals surface area contributed by atoms with Gasteiger partial charge >= 0.3 is 0 Å². The number of aliphatic imine (C=N–C) groups is 1. The summed E-state index contributed by atoms with van der Waals surface area (Å²) in [4.78, 5) is 7.38. The van der Waals surface area contributed by atoms with Gasteiger partial charge in [-0.2, -0.15) is 0 Å². The van der Waals surface area contributed by atoms with Crippen molar-refractivity contribution < 1.29 is 9.47 Å². The van der Waals surface area contributed by atoms with Gasteiger partial charge in [0.2, 0.25) is 0 Å². The SMILES string of the molecule is CCNC(=NCC1(CCOCC)CC1)N1CCOC(c2ccccc2C)C1. The predicted octanol–water partition coefficient (Wildman–Crippen LogP) is 3.54. The normalized spacial score (nSPS) is 22.0. The lowest BCUT2D eigenvalue weighted by Gasteiger charge is -2.36. The first-order chi connectivity index (χ1) is 13.2. The second-order valence-electron chi connectivity index (χ2n) is 7.78. The van der Waals surface area contributed by atoms with Crippen molar-refractivity contribution in [1.82, 2.24) is 10.2 Å². The summed E-state index contributed by atoms with van der Waals surface area (Å²) in [7, 11) is 0. The van der Waals surface area contributed by atoms with E-state index in [1.807, 2.05) is 0 Å². The van der Waals surface area contributed by atoms with Crippen LogP contribution in [0.4, 0.5) is 0 Å². The molecule has 27 heavy (non-hydrogen) atoms. The van der Waals surface area contributed by atoms with Crippen molar-refractivity contribution in [3.8, 4) is 0 Å². The fourth-order valence-electron chi connectivity index (χ4n) is 3.74. The summed E-state index contributed by atoms with van der Waals surface area (Å²) in [5.74, 6) is 1.03. The Kier molecular flexibility index (Phi) is 7.13. The lowest BCUT2D eigenvalue weighted by molar-refractivity contribution is -0.00836. The van der Waals surface area contributed by atoms with E-state index in [1.165, 1.54) is 24.0 Å². The highest BCUT2D eigenvalue weighted by Gasteiger charge is 2.42. The van der Waals surface area contributed by atoms with Crippen molar-refractivity contribution in [2.75, 3.05) is 46.0 Å². The number of morpholine rings is 1.